The maximum atomic E-state index is 12.7. The van der Waals surface area contributed by atoms with Crippen molar-refractivity contribution in [3.8, 4) is 0 Å². The number of rotatable bonds is 4. The Morgan fingerprint density at radius 3 is 3.00 bits per heavy atom. The Morgan fingerprint density at radius 2 is 2.41 bits per heavy atom. The number of pyridine rings is 1. The first-order valence-electron chi connectivity index (χ1n) is 6.22. The second-order valence-electron chi connectivity index (χ2n) is 4.81. The van der Waals surface area contributed by atoms with Crippen LogP contribution in [0.2, 0.25) is 0 Å². The van der Waals surface area contributed by atoms with E-state index in [1.807, 2.05) is 0 Å². The molecular weight excluding hydrogens is 217 g/mol. The fourth-order valence-corrected chi connectivity index (χ4v) is 2.30. The summed E-state index contributed by atoms with van der Waals surface area (Å²) in [6.07, 6.45) is 3.81. The summed E-state index contributed by atoms with van der Waals surface area (Å²) >= 11 is 0. The lowest BCUT2D eigenvalue weighted by Gasteiger charge is -2.22. The molecule has 1 aromatic heterocycles. The Bertz CT molecular complexity index is 352. The van der Waals surface area contributed by atoms with E-state index in [-0.39, 0.29) is 11.9 Å². The zero-order valence-electron chi connectivity index (χ0n) is 10.5. The summed E-state index contributed by atoms with van der Waals surface area (Å²) in [4.78, 5) is 6.48. The van der Waals surface area contributed by atoms with E-state index in [2.05, 4.69) is 29.2 Å². The molecule has 0 aromatic carbocycles. The first-order valence-corrected chi connectivity index (χ1v) is 6.22. The summed E-state index contributed by atoms with van der Waals surface area (Å²) in [5, 5.41) is 3.46. The van der Waals surface area contributed by atoms with Crippen molar-refractivity contribution in [3.05, 3.63) is 29.8 Å². The molecule has 0 bridgehead atoms. The van der Waals surface area contributed by atoms with Crippen LogP contribution in [0.3, 0.4) is 0 Å². The van der Waals surface area contributed by atoms with Crippen molar-refractivity contribution in [2.75, 3.05) is 20.1 Å². The molecule has 4 heteroatoms. The molecule has 3 nitrogen and oxygen atoms in total. The minimum absolute atomic E-state index is 0.171. The van der Waals surface area contributed by atoms with E-state index in [1.165, 1.54) is 31.6 Å². The second kappa shape index (κ2) is 5.56. The van der Waals surface area contributed by atoms with Crippen molar-refractivity contribution in [3.63, 3.8) is 0 Å². The number of likely N-dealkylation sites (tertiary alicyclic amines) is 1. The van der Waals surface area contributed by atoms with Gasteiger partial charge in [-0.15, -0.1) is 0 Å². The van der Waals surface area contributed by atoms with Gasteiger partial charge in [0.1, 0.15) is 5.82 Å². The molecule has 94 valence electrons. The quantitative estimate of drug-likeness (QED) is 0.867. The van der Waals surface area contributed by atoms with Crippen molar-refractivity contribution >= 4 is 0 Å². The van der Waals surface area contributed by atoms with Gasteiger partial charge in [0.05, 0.1) is 11.9 Å². The zero-order valence-corrected chi connectivity index (χ0v) is 10.5. The minimum Gasteiger partial charge on any atom is -0.307 e. The maximum Gasteiger partial charge on any atom is 0.141 e. The summed E-state index contributed by atoms with van der Waals surface area (Å²) in [5.41, 5.74) is 0.895. The molecule has 0 spiro atoms. The molecule has 2 rings (SSSR count). The average molecular weight is 237 g/mol. The number of hydrogen-bond donors (Lipinski definition) is 1. The summed E-state index contributed by atoms with van der Waals surface area (Å²) in [7, 11) is 2.17. The standard InChI is InChI=1S/C13H20FN3/c1-10(13-6-5-11(14)8-16-13)15-9-12-4-3-7-17(12)2/h5-6,8,10,12,15H,3-4,7,9H2,1-2H3. The third-order valence-corrected chi connectivity index (χ3v) is 3.53. The number of aromatic nitrogens is 1. The van der Waals surface area contributed by atoms with E-state index < -0.39 is 0 Å². The number of nitrogens with one attached hydrogen (secondary N) is 1. The van der Waals surface area contributed by atoms with Crippen LogP contribution in [-0.4, -0.2) is 36.1 Å². The Balaban J connectivity index is 1.84. The van der Waals surface area contributed by atoms with Crippen molar-refractivity contribution in [1.29, 1.82) is 0 Å². The lowest BCUT2D eigenvalue weighted by molar-refractivity contribution is 0.293. The molecule has 17 heavy (non-hydrogen) atoms. The summed E-state index contributed by atoms with van der Waals surface area (Å²) in [6, 6.07) is 4.00. The monoisotopic (exact) mass is 237 g/mol. The van der Waals surface area contributed by atoms with Gasteiger partial charge in [0.25, 0.3) is 0 Å². The number of hydrogen-bond acceptors (Lipinski definition) is 3. The van der Waals surface area contributed by atoms with Gasteiger partial charge in [-0.2, -0.15) is 0 Å². The van der Waals surface area contributed by atoms with Gasteiger partial charge in [-0.3, -0.25) is 4.98 Å². The van der Waals surface area contributed by atoms with E-state index in [0.717, 1.165) is 12.2 Å². The molecule has 0 aliphatic carbocycles. The van der Waals surface area contributed by atoms with E-state index in [1.54, 1.807) is 6.07 Å². The van der Waals surface area contributed by atoms with E-state index in [0.29, 0.717) is 6.04 Å². The van der Waals surface area contributed by atoms with Gasteiger partial charge >= 0.3 is 0 Å². The van der Waals surface area contributed by atoms with Gasteiger partial charge in [-0.05, 0) is 45.5 Å². The van der Waals surface area contributed by atoms with Crippen LogP contribution in [-0.2, 0) is 0 Å². The Hall–Kier alpha value is -1.00. The molecule has 0 radical (unpaired) electrons. The molecule has 1 aliphatic rings. The van der Waals surface area contributed by atoms with Gasteiger partial charge in [0.15, 0.2) is 0 Å². The predicted octanol–water partition coefficient (Wildman–Crippen LogP) is 1.97. The first-order chi connectivity index (χ1) is 8.16. The fraction of sp³-hybridized carbons (Fsp3) is 0.615. The summed E-state index contributed by atoms with van der Waals surface area (Å²) in [6.45, 7) is 4.22. The van der Waals surface area contributed by atoms with Gasteiger partial charge in [0, 0.05) is 18.6 Å². The molecule has 2 atom stereocenters. The molecule has 0 amide bonds. The van der Waals surface area contributed by atoms with Gasteiger partial charge < -0.3 is 10.2 Å². The van der Waals surface area contributed by atoms with Gasteiger partial charge in [0.2, 0.25) is 0 Å². The van der Waals surface area contributed by atoms with Crippen molar-refractivity contribution in [2.24, 2.45) is 0 Å². The van der Waals surface area contributed by atoms with Crippen LogP contribution in [0, 0.1) is 5.82 Å². The lowest BCUT2D eigenvalue weighted by atomic mass is 10.1. The van der Waals surface area contributed by atoms with Crippen molar-refractivity contribution in [2.45, 2.75) is 31.8 Å². The first kappa shape index (κ1) is 12.5. The number of nitrogens with zero attached hydrogens (tertiary/aromatic N) is 2. The molecule has 1 aliphatic heterocycles. The normalized spacial score (nSPS) is 22.9. The van der Waals surface area contributed by atoms with Crippen LogP contribution in [0.1, 0.15) is 31.5 Å². The fourth-order valence-electron chi connectivity index (χ4n) is 2.30. The number of halogens is 1. The summed E-state index contributed by atoms with van der Waals surface area (Å²) < 4.78 is 12.7. The molecule has 1 fully saturated rings. The highest BCUT2D eigenvalue weighted by atomic mass is 19.1. The Morgan fingerprint density at radius 1 is 1.59 bits per heavy atom. The van der Waals surface area contributed by atoms with Crippen molar-refractivity contribution < 1.29 is 4.39 Å². The summed E-state index contributed by atoms with van der Waals surface area (Å²) in [5.74, 6) is -0.281. The van der Waals surface area contributed by atoms with Gasteiger partial charge in [-0.1, -0.05) is 0 Å². The third kappa shape index (κ3) is 3.23. The predicted molar refractivity (Wildman–Crippen MR) is 66.3 cm³/mol. The van der Waals surface area contributed by atoms with Crippen LogP contribution in [0.5, 0.6) is 0 Å². The second-order valence-corrected chi connectivity index (χ2v) is 4.81. The van der Waals surface area contributed by atoms with Crippen LogP contribution in [0.4, 0.5) is 4.39 Å². The maximum absolute atomic E-state index is 12.7. The minimum atomic E-state index is -0.281. The van der Waals surface area contributed by atoms with Gasteiger partial charge in [-0.25, -0.2) is 4.39 Å². The van der Waals surface area contributed by atoms with E-state index in [9.17, 15) is 4.39 Å². The van der Waals surface area contributed by atoms with Crippen molar-refractivity contribution in [1.82, 2.24) is 15.2 Å². The zero-order chi connectivity index (χ0) is 12.3. The topological polar surface area (TPSA) is 28.2 Å². The van der Waals surface area contributed by atoms with Crippen LogP contribution in [0.15, 0.2) is 18.3 Å². The molecule has 2 unspecified atom stereocenters. The van der Waals surface area contributed by atoms with E-state index >= 15 is 0 Å². The SMILES string of the molecule is CC(NCC1CCCN1C)c1ccc(F)cn1. The molecule has 0 saturated carbocycles. The molecule has 2 heterocycles. The number of likely N-dealkylation sites (N-methyl/N-ethyl adjacent to an activating group) is 1. The highest BCUT2D eigenvalue weighted by Gasteiger charge is 2.21. The van der Waals surface area contributed by atoms with Crippen LogP contribution >= 0.6 is 0 Å². The van der Waals surface area contributed by atoms with Crippen LogP contribution < -0.4 is 5.32 Å². The highest BCUT2D eigenvalue weighted by Crippen LogP contribution is 2.15. The molecule has 1 aromatic rings. The Labute approximate surface area is 102 Å². The average Bonchev–Trinajstić information content (AvgIpc) is 2.73. The highest BCUT2D eigenvalue weighted by molar-refractivity contribution is 5.09. The smallest absolute Gasteiger partial charge is 0.141 e. The molecular formula is C13H20FN3. The lowest BCUT2D eigenvalue weighted by Crippen LogP contribution is -2.36. The molecule has 1 N–H and O–H groups in total. The Kier molecular flexibility index (Phi) is 4.07. The van der Waals surface area contributed by atoms with Crippen LogP contribution in [0.25, 0.3) is 0 Å². The largest absolute Gasteiger partial charge is 0.307 e. The third-order valence-electron chi connectivity index (χ3n) is 3.53. The van der Waals surface area contributed by atoms with E-state index in [4.69, 9.17) is 0 Å². The molecule has 1 saturated heterocycles.